The average molecular weight is 412 g/mol. The number of piperidine rings is 1. The van der Waals surface area contributed by atoms with Gasteiger partial charge in [-0.2, -0.15) is 0 Å². The Bertz CT molecular complexity index is 1260. The molecule has 31 heavy (non-hydrogen) atoms. The number of hydrogen-bond donors (Lipinski definition) is 2. The molecule has 3 aliphatic rings. The van der Waals surface area contributed by atoms with Gasteiger partial charge in [-0.25, -0.2) is 0 Å². The third-order valence-corrected chi connectivity index (χ3v) is 6.45. The molecule has 5 rings (SSSR count). The monoisotopic (exact) mass is 412 g/mol. The number of carbonyl (C=O) groups excluding carboxylic acids is 2. The molecule has 156 valence electrons. The van der Waals surface area contributed by atoms with E-state index >= 15 is 0 Å². The predicted molar refractivity (Wildman–Crippen MR) is 121 cm³/mol. The second-order valence-electron chi connectivity index (χ2n) is 8.39. The normalized spacial score (nSPS) is 24.1. The Kier molecular flexibility index (Phi) is 4.63. The van der Waals surface area contributed by atoms with Crippen molar-refractivity contribution in [3.63, 3.8) is 0 Å². The molecule has 2 aromatic carbocycles. The fourth-order valence-corrected chi connectivity index (χ4v) is 4.98. The number of rotatable bonds is 4. The van der Waals surface area contributed by atoms with Crippen LogP contribution in [0, 0.1) is 5.41 Å². The SMILES string of the molecule is CN1CC23C=CC(=O)C=C2C=c2ccccc2=C3C(Nc2ccc(CCO)cc2)C1=O. The highest BCUT2D eigenvalue weighted by Crippen LogP contribution is 2.47. The van der Waals surface area contributed by atoms with Gasteiger partial charge in [-0.15, -0.1) is 0 Å². The van der Waals surface area contributed by atoms with Crippen LogP contribution in [0.15, 0.2) is 72.3 Å². The minimum absolute atomic E-state index is 0.00131. The molecular weight excluding hydrogens is 388 g/mol. The maximum atomic E-state index is 13.4. The maximum absolute atomic E-state index is 13.4. The third kappa shape index (κ3) is 3.13. The van der Waals surface area contributed by atoms with Gasteiger partial charge < -0.3 is 15.3 Å². The molecule has 2 N–H and O–H groups in total. The summed E-state index contributed by atoms with van der Waals surface area (Å²) in [7, 11) is 1.81. The van der Waals surface area contributed by atoms with Gasteiger partial charge >= 0.3 is 0 Å². The number of fused-ring (bicyclic) bond motifs is 1. The van der Waals surface area contributed by atoms with Crippen molar-refractivity contribution in [3.05, 3.63) is 88.3 Å². The highest BCUT2D eigenvalue weighted by Gasteiger charge is 2.50. The molecule has 1 amide bonds. The van der Waals surface area contributed by atoms with Crippen LogP contribution in [0.2, 0.25) is 0 Å². The van der Waals surface area contributed by atoms with E-state index in [1.54, 1.807) is 17.1 Å². The molecular formula is C26H24N2O3. The number of likely N-dealkylation sites (N-methyl/N-ethyl adjacent to an activating group) is 1. The molecule has 2 atom stereocenters. The molecule has 1 heterocycles. The van der Waals surface area contributed by atoms with E-state index in [0.717, 1.165) is 32.8 Å². The molecule has 0 bridgehead atoms. The number of carbonyl (C=O) groups is 2. The van der Waals surface area contributed by atoms with Gasteiger partial charge in [-0.3, -0.25) is 9.59 Å². The van der Waals surface area contributed by atoms with Crippen molar-refractivity contribution in [3.8, 4) is 0 Å². The quantitative estimate of drug-likeness (QED) is 0.791. The van der Waals surface area contributed by atoms with E-state index in [0.29, 0.717) is 13.0 Å². The zero-order chi connectivity index (χ0) is 21.6. The summed E-state index contributed by atoms with van der Waals surface area (Å²) in [4.78, 5) is 27.3. The zero-order valence-electron chi connectivity index (χ0n) is 17.3. The first kappa shape index (κ1) is 19.5. The molecule has 0 saturated carbocycles. The number of aliphatic hydroxyl groups excluding tert-OH is 1. The van der Waals surface area contributed by atoms with Crippen molar-refractivity contribution in [1.82, 2.24) is 4.90 Å². The number of allylic oxidation sites excluding steroid dienone is 2. The Morgan fingerprint density at radius 1 is 1.10 bits per heavy atom. The highest BCUT2D eigenvalue weighted by atomic mass is 16.3. The van der Waals surface area contributed by atoms with E-state index < -0.39 is 11.5 Å². The lowest BCUT2D eigenvalue weighted by Gasteiger charge is -2.48. The van der Waals surface area contributed by atoms with Gasteiger partial charge in [-0.05, 0) is 63.9 Å². The first-order valence-electron chi connectivity index (χ1n) is 10.5. The van der Waals surface area contributed by atoms with Gasteiger partial charge in [0.15, 0.2) is 5.78 Å². The van der Waals surface area contributed by atoms with Crippen LogP contribution in [0.25, 0.3) is 11.6 Å². The summed E-state index contributed by atoms with van der Waals surface area (Å²) in [5.41, 5.74) is 3.27. The zero-order valence-corrected chi connectivity index (χ0v) is 17.3. The van der Waals surface area contributed by atoms with Crippen LogP contribution in [0.3, 0.4) is 0 Å². The van der Waals surface area contributed by atoms with Crippen molar-refractivity contribution in [2.75, 3.05) is 25.5 Å². The number of amides is 1. The summed E-state index contributed by atoms with van der Waals surface area (Å²) in [6.45, 7) is 0.599. The highest BCUT2D eigenvalue weighted by molar-refractivity contribution is 6.07. The van der Waals surface area contributed by atoms with E-state index in [2.05, 4.69) is 17.5 Å². The number of aliphatic hydroxyl groups is 1. The summed E-state index contributed by atoms with van der Waals surface area (Å²) in [5, 5.41) is 14.7. The largest absolute Gasteiger partial charge is 0.396 e. The van der Waals surface area contributed by atoms with Gasteiger partial charge in [-0.1, -0.05) is 42.5 Å². The number of benzene rings is 2. The third-order valence-electron chi connectivity index (χ3n) is 6.45. The van der Waals surface area contributed by atoms with E-state index in [1.165, 1.54) is 0 Å². The number of anilines is 1. The number of nitrogens with zero attached hydrogens (tertiary/aromatic N) is 1. The van der Waals surface area contributed by atoms with Gasteiger partial charge in [0.05, 0.1) is 5.41 Å². The molecule has 1 saturated heterocycles. The lowest BCUT2D eigenvalue weighted by Crippen LogP contribution is -2.59. The van der Waals surface area contributed by atoms with Crippen molar-refractivity contribution in [2.45, 2.75) is 12.5 Å². The van der Waals surface area contributed by atoms with Crippen molar-refractivity contribution < 1.29 is 14.7 Å². The van der Waals surface area contributed by atoms with E-state index in [9.17, 15) is 9.59 Å². The molecule has 0 aromatic heterocycles. The van der Waals surface area contributed by atoms with Gasteiger partial charge in [0.2, 0.25) is 5.91 Å². The van der Waals surface area contributed by atoms with E-state index in [4.69, 9.17) is 5.11 Å². The minimum Gasteiger partial charge on any atom is -0.396 e. The molecule has 5 nitrogen and oxygen atoms in total. The summed E-state index contributed by atoms with van der Waals surface area (Å²) >= 11 is 0. The van der Waals surface area contributed by atoms with Crippen LogP contribution in [0.1, 0.15) is 5.56 Å². The van der Waals surface area contributed by atoms with Crippen LogP contribution in [-0.4, -0.2) is 47.9 Å². The molecule has 1 spiro atoms. The topological polar surface area (TPSA) is 69.6 Å². The number of nitrogens with one attached hydrogen (secondary N) is 1. The molecule has 1 fully saturated rings. The van der Waals surface area contributed by atoms with Crippen molar-refractivity contribution >= 4 is 29.0 Å². The van der Waals surface area contributed by atoms with Crippen LogP contribution in [0.4, 0.5) is 5.69 Å². The first-order chi connectivity index (χ1) is 15.0. The molecule has 1 aliphatic heterocycles. The van der Waals surface area contributed by atoms with E-state index in [-0.39, 0.29) is 18.3 Å². The molecule has 2 aliphatic carbocycles. The van der Waals surface area contributed by atoms with Crippen LogP contribution < -0.4 is 15.8 Å². The Morgan fingerprint density at radius 3 is 2.65 bits per heavy atom. The average Bonchev–Trinajstić information content (AvgIpc) is 2.77. The molecule has 0 radical (unpaired) electrons. The Labute approximate surface area is 180 Å². The number of ketones is 1. The maximum Gasteiger partial charge on any atom is 0.249 e. The minimum atomic E-state index is -0.557. The molecule has 2 aromatic rings. The molecule has 2 unspecified atom stereocenters. The number of hydrogen-bond acceptors (Lipinski definition) is 4. The lowest BCUT2D eigenvalue weighted by atomic mass is 9.63. The fraction of sp³-hybridized carbons (Fsp3) is 0.231. The lowest BCUT2D eigenvalue weighted by molar-refractivity contribution is -0.131. The Morgan fingerprint density at radius 2 is 1.87 bits per heavy atom. The summed E-state index contributed by atoms with van der Waals surface area (Å²) in [6.07, 6.45) is 7.96. The second-order valence-corrected chi connectivity index (χ2v) is 8.39. The van der Waals surface area contributed by atoms with Crippen LogP contribution in [0.5, 0.6) is 0 Å². The van der Waals surface area contributed by atoms with E-state index in [1.807, 2.05) is 55.6 Å². The van der Waals surface area contributed by atoms with Gasteiger partial charge in [0, 0.05) is 25.9 Å². The van der Waals surface area contributed by atoms with Crippen LogP contribution >= 0.6 is 0 Å². The Balaban J connectivity index is 1.69. The first-order valence-corrected chi connectivity index (χ1v) is 10.5. The smallest absolute Gasteiger partial charge is 0.249 e. The fourth-order valence-electron chi connectivity index (χ4n) is 4.98. The summed E-state index contributed by atoms with van der Waals surface area (Å²) < 4.78 is 0. The Hall–Kier alpha value is -3.44. The standard InChI is InChI=1S/C26H24N2O3/c1-28-16-26-12-10-21(30)15-19(26)14-18-4-2-3-5-22(18)23(26)24(25(28)31)27-20-8-6-17(7-9-20)11-13-29/h2-10,12,14-15,24,27,29H,11,13,16H2,1H3. The van der Waals surface area contributed by atoms with Gasteiger partial charge in [0.25, 0.3) is 0 Å². The van der Waals surface area contributed by atoms with Crippen molar-refractivity contribution in [1.29, 1.82) is 0 Å². The molecule has 5 heteroatoms. The van der Waals surface area contributed by atoms with Gasteiger partial charge in [0.1, 0.15) is 6.04 Å². The summed E-state index contributed by atoms with van der Waals surface area (Å²) in [5.74, 6) is -0.0273. The second kappa shape index (κ2) is 7.36. The van der Waals surface area contributed by atoms with Crippen molar-refractivity contribution in [2.24, 2.45) is 5.41 Å². The predicted octanol–water partition coefficient (Wildman–Crippen LogP) is 1.17. The summed E-state index contributed by atoms with van der Waals surface area (Å²) in [6, 6.07) is 15.3. The number of likely N-dealkylation sites (tertiary alicyclic amines) is 1. The van der Waals surface area contributed by atoms with Crippen LogP contribution in [-0.2, 0) is 16.0 Å².